The highest BCUT2D eigenvalue weighted by Gasteiger charge is 2.25. The molecule has 0 saturated heterocycles. The van der Waals surface area contributed by atoms with Gasteiger partial charge in [0.05, 0.1) is 11.4 Å². The lowest BCUT2D eigenvalue weighted by Gasteiger charge is -2.24. The second-order valence-electron chi connectivity index (χ2n) is 3.14. The first kappa shape index (κ1) is 9.21. The molecule has 0 saturated carbocycles. The van der Waals surface area contributed by atoms with Gasteiger partial charge in [-0.2, -0.15) is 8.42 Å². The summed E-state index contributed by atoms with van der Waals surface area (Å²) < 4.78 is 27.8. The molecular weight excluding hydrogens is 200 g/mol. The van der Waals surface area contributed by atoms with Gasteiger partial charge >= 0.3 is 10.2 Å². The molecule has 1 aromatic rings. The van der Waals surface area contributed by atoms with Gasteiger partial charge in [-0.05, 0) is 13.0 Å². The first-order valence-corrected chi connectivity index (χ1v) is 5.57. The van der Waals surface area contributed by atoms with Crippen LogP contribution in [0.1, 0.15) is 12.5 Å². The second kappa shape index (κ2) is 2.81. The third-order valence-corrected chi connectivity index (χ3v) is 3.62. The maximum absolute atomic E-state index is 11.5. The van der Waals surface area contributed by atoms with Crippen molar-refractivity contribution in [2.45, 2.75) is 6.92 Å². The average Bonchev–Trinajstić information content (AvgIpc) is 2.14. The van der Waals surface area contributed by atoms with Gasteiger partial charge in [0.2, 0.25) is 0 Å². The molecule has 1 aliphatic rings. The largest absolute Gasteiger partial charge is 0.344 e. The lowest BCUT2D eigenvalue weighted by atomic mass is 10.1. The number of benzene rings is 1. The highest BCUT2D eigenvalue weighted by molar-refractivity contribution is 7.91. The van der Waals surface area contributed by atoms with E-state index in [4.69, 9.17) is 0 Å². The lowest BCUT2D eigenvalue weighted by molar-refractivity contribution is 0.596. The van der Waals surface area contributed by atoms with E-state index in [2.05, 4.69) is 4.40 Å². The number of para-hydroxylation sites is 1. The summed E-state index contributed by atoms with van der Waals surface area (Å²) in [6.45, 7) is 1.70. The van der Waals surface area contributed by atoms with Gasteiger partial charge in [-0.15, -0.1) is 4.40 Å². The molecule has 0 spiro atoms. The molecule has 74 valence electrons. The normalized spacial score (nSPS) is 18.7. The Morgan fingerprint density at radius 3 is 2.64 bits per heavy atom. The van der Waals surface area contributed by atoms with Crippen LogP contribution < -0.4 is 4.31 Å². The Morgan fingerprint density at radius 2 is 1.93 bits per heavy atom. The van der Waals surface area contributed by atoms with Crippen molar-refractivity contribution in [1.82, 2.24) is 0 Å². The van der Waals surface area contributed by atoms with E-state index in [9.17, 15) is 8.42 Å². The molecule has 0 unspecified atom stereocenters. The molecule has 0 amide bonds. The average molecular weight is 210 g/mol. The zero-order valence-electron chi connectivity index (χ0n) is 7.93. The maximum atomic E-state index is 11.5. The molecule has 14 heavy (non-hydrogen) atoms. The molecule has 0 aliphatic carbocycles. The minimum absolute atomic E-state index is 0.540. The summed E-state index contributed by atoms with van der Waals surface area (Å²) in [5, 5.41) is 0. The first-order valence-electron chi connectivity index (χ1n) is 4.17. The number of fused-ring (bicyclic) bond motifs is 1. The predicted octanol–water partition coefficient (Wildman–Crippen LogP) is 1.19. The molecule has 2 rings (SSSR count). The Kier molecular flexibility index (Phi) is 1.85. The molecule has 1 heterocycles. The van der Waals surface area contributed by atoms with Crippen LogP contribution >= 0.6 is 0 Å². The first-order chi connectivity index (χ1) is 6.52. The third kappa shape index (κ3) is 1.21. The van der Waals surface area contributed by atoms with Gasteiger partial charge in [0, 0.05) is 12.6 Å². The molecule has 1 aliphatic heterocycles. The van der Waals surface area contributed by atoms with Crippen molar-refractivity contribution in [3.63, 3.8) is 0 Å². The highest BCUT2D eigenvalue weighted by Crippen LogP contribution is 2.27. The van der Waals surface area contributed by atoms with Gasteiger partial charge in [-0.1, -0.05) is 18.2 Å². The number of hydrogen-bond donors (Lipinski definition) is 0. The van der Waals surface area contributed by atoms with Crippen LogP contribution in [-0.2, 0) is 10.2 Å². The monoisotopic (exact) mass is 210 g/mol. The van der Waals surface area contributed by atoms with Crippen LogP contribution in [-0.4, -0.2) is 21.2 Å². The zero-order chi connectivity index (χ0) is 10.3. The molecule has 0 aromatic heterocycles. The summed E-state index contributed by atoms with van der Waals surface area (Å²) in [4.78, 5) is 0. The maximum Gasteiger partial charge on any atom is 0.344 e. The van der Waals surface area contributed by atoms with Gasteiger partial charge in [0.15, 0.2) is 0 Å². The summed E-state index contributed by atoms with van der Waals surface area (Å²) in [6, 6.07) is 7.30. The summed E-state index contributed by atoms with van der Waals surface area (Å²) in [6.07, 6.45) is 0. The zero-order valence-corrected chi connectivity index (χ0v) is 8.75. The van der Waals surface area contributed by atoms with Crippen LogP contribution in [0.5, 0.6) is 0 Å². The van der Waals surface area contributed by atoms with Gasteiger partial charge in [0.1, 0.15) is 0 Å². The number of hydrogen-bond acceptors (Lipinski definition) is 2. The van der Waals surface area contributed by atoms with Crippen LogP contribution in [0.15, 0.2) is 28.7 Å². The summed E-state index contributed by atoms with van der Waals surface area (Å²) in [7, 11) is -2.00. The Labute approximate surface area is 83.1 Å². The molecular formula is C9H10N2O2S. The van der Waals surface area contributed by atoms with E-state index in [-0.39, 0.29) is 0 Å². The Morgan fingerprint density at radius 1 is 1.29 bits per heavy atom. The van der Waals surface area contributed by atoms with Crippen LogP contribution in [0.4, 0.5) is 5.69 Å². The molecule has 1 aromatic carbocycles. The lowest BCUT2D eigenvalue weighted by Crippen LogP contribution is -2.30. The van der Waals surface area contributed by atoms with E-state index in [1.54, 1.807) is 13.0 Å². The van der Waals surface area contributed by atoms with E-state index < -0.39 is 10.2 Å². The third-order valence-electron chi connectivity index (χ3n) is 2.23. The van der Waals surface area contributed by atoms with Crippen molar-refractivity contribution >= 4 is 21.6 Å². The molecule has 5 heteroatoms. The van der Waals surface area contributed by atoms with Crippen molar-refractivity contribution in [2.75, 3.05) is 11.4 Å². The van der Waals surface area contributed by atoms with Gasteiger partial charge in [0.25, 0.3) is 0 Å². The number of rotatable bonds is 0. The van der Waals surface area contributed by atoms with E-state index in [1.807, 2.05) is 18.2 Å². The quantitative estimate of drug-likeness (QED) is 0.645. The fourth-order valence-corrected chi connectivity index (χ4v) is 2.44. The van der Waals surface area contributed by atoms with E-state index >= 15 is 0 Å². The fourth-order valence-electron chi connectivity index (χ4n) is 1.46. The van der Waals surface area contributed by atoms with E-state index in [1.165, 1.54) is 11.4 Å². The van der Waals surface area contributed by atoms with Crippen molar-refractivity contribution in [1.29, 1.82) is 0 Å². The van der Waals surface area contributed by atoms with E-state index in [0.29, 0.717) is 11.4 Å². The molecule has 0 radical (unpaired) electrons. The topological polar surface area (TPSA) is 49.7 Å². The number of anilines is 1. The van der Waals surface area contributed by atoms with Crippen molar-refractivity contribution < 1.29 is 8.42 Å². The van der Waals surface area contributed by atoms with Gasteiger partial charge < -0.3 is 0 Å². The van der Waals surface area contributed by atoms with E-state index in [0.717, 1.165) is 5.56 Å². The minimum Gasteiger partial charge on any atom is -0.254 e. The molecule has 0 atom stereocenters. The Hall–Kier alpha value is -1.36. The Balaban J connectivity index is 2.75. The summed E-state index contributed by atoms with van der Waals surface area (Å²) >= 11 is 0. The van der Waals surface area contributed by atoms with Crippen molar-refractivity contribution in [3.8, 4) is 0 Å². The fraction of sp³-hybridized carbons (Fsp3) is 0.222. The SMILES string of the molecule is CC1=NS(=O)(=O)N(C)c2ccccc21. The second-order valence-corrected chi connectivity index (χ2v) is 4.77. The van der Waals surface area contributed by atoms with Gasteiger partial charge in [-0.25, -0.2) is 0 Å². The van der Waals surface area contributed by atoms with Crippen LogP contribution in [0.3, 0.4) is 0 Å². The van der Waals surface area contributed by atoms with Crippen LogP contribution in [0.2, 0.25) is 0 Å². The molecule has 0 bridgehead atoms. The summed E-state index contributed by atoms with van der Waals surface area (Å²) in [5.74, 6) is 0. The predicted molar refractivity (Wildman–Crippen MR) is 56.0 cm³/mol. The van der Waals surface area contributed by atoms with Crippen molar-refractivity contribution in [3.05, 3.63) is 29.8 Å². The molecule has 0 fully saturated rings. The van der Waals surface area contributed by atoms with Crippen LogP contribution in [0, 0.1) is 0 Å². The highest BCUT2D eigenvalue weighted by atomic mass is 32.2. The molecule has 4 nitrogen and oxygen atoms in total. The molecule has 0 N–H and O–H groups in total. The standard InChI is InChI=1S/C9H10N2O2S/c1-7-8-5-3-4-6-9(8)11(2)14(12,13)10-7/h3-6H,1-2H3. The van der Waals surface area contributed by atoms with Gasteiger partial charge in [-0.3, -0.25) is 4.31 Å². The Bertz CT molecular complexity index is 505. The van der Waals surface area contributed by atoms with Crippen LogP contribution in [0.25, 0.3) is 0 Å². The van der Waals surface area contributed by atoms with Crippen molar-refractivity contribution in [2.24, 2.45) is 4.40 Å². The summed E-state index contributed by atoms with van der Waals surface area (Å²) in [5.41, 5.74) is 2.09. The minimum atomic E-state index is -3.50. The smallest absolute Gasteiger partial charge is 0.254 e. The number of nitrogens with zero attached hydrogens (tertiary/aromatic N) is 2.